The van der Waals surface area contributed by atoms with Crippen LogP contribution in [0.15, 0.2) is 83.7 Å². The second kappa shape index (κ2) is 11.7. The molecule has 7 heteroatoms. The molecule has 1 heterocycles. The van der Waals surface area contributed by atoms with Gasteiger partial charge in [0.25, 0.3) is 0 Å². The number of H-pyrrole nitrogens is 1. The van der Waals surface area contributed by atoms with Crippen LogP contribution in [0.25, 0.3) is 10.9 Å². The van der Waals surface area contributed by atoms with Gasteiger partial charge in [0.15, 0.2) is 0 Å². The van der Waals surface area contributed by atoms with Gasteiger partial charge in [0.05, 0.1) is 11.6 Å². The Morgan fingerprint density at radius 2 is 1.69 bits per heavy atom. The fraction of sp³-hybridized carbons (Fsp3) is 0.250. The van der Waals surface area contributed by atoms with Gasteiger partial charge in [0.2, 0.25) is 5.56 Å². The lowest BCUT2D eigenvalue weighted by Crippen LogP contribution is -2.24. The molecule has 2 atom stereocenters. The Bertz CT molecular complexity index is 1290. The minimum absolute atomic E-state index is 0.0129. The van der Waals surface area contributed by atoms with Crippen LogP contribution in [0.3, 0.4) is 0 Å². The van der Waals surface area contributed by atoms with E-state index >= 15 is 0 Å². The summed E-state index contributed by atoms with van der Waals surface area (Å²) in [7, 11) is 1.97. The maximum atomic E-state index is 11.6. The summed E-state index contributed by atoms with van der Waals surface area (Å²) in [5, 5.41) is 31.5. The summed E-state index contributed by atoms with van der Waals surface area (Å²) < 4.78 is 0. The Kier molecular flexibility index (Phi) is 8.15. The number of hydrogen-bond acceptors (Lipinski definition) is 6. The van der Waals surface area contributed by atoms with Crippen molar-refractivity contribution >= 4 is 16.6 Å². The number of phenols is 1. The van der Waals surface area contributed by atoms with Gasteiger partial charge in [-0.05, 0) is 61.0 Å². The lowest BCUT2D eigenvalue weighted by atomic mass is 10.0. The van der Waals surface area contributed by atoms with Crippen LogP contribution in [0, 0.1) is 0 Å². The molecule has 4 aromatic rings. The lowest BCUT2D eigenvalue weighted by molar-refractivity contribution is 0.176. The summed E-state index contributed by atoms with van der Waals surface area (Å²) in [6, 6.07) is 25.2. The number of anilines is 1. The van der Waals surface area contributed by atoms with Crippen molar-refractivity contribution < 1.29 is 10.2 Å². The Labute approximate surface area is 204 Å². The van der Waals surface area contributed by atoms with E-state index in [0.717, 1.165) is 18.7 Å². The van der Waals surface area contributed by atoms with Gasteiger partial charge in [-0.25, -0.2) is 0 Å². The molecule has 0 radical (unpaired) electrons. The number of aromatic hydroxyl groups is 1. The highest BCUT2D eigenvalue weighted by atomic mass is 16.3. The summed E-state index contributed by atoms with van der Waals surface area (Å²) >= 11 is 0. The quantitative estimate of drug-likeness (QED) is 0.187. The predicted molar refractivity (Wildman–Crippen MR) is 141 cm³/mol. The minimum atomic E-state index is -0.764. The zero-order valence-corrected chi connectivity index (χ0v) is 19.8. The van der Waals surface area contributed by atoms with Crippen LogP contribution in [0.2, 0.25) is 0 Å². The number of nitrogens with one attached hydrogen (secondary N) is 4. The third-order valence-electron chi connectivity index (χ3n) is 6.21. The molecule has 0 saturated carbocycles. The number of pyridine rings is 1. The van der Waals surface area contributed by atoms with Crippen LogP contribution >= 0.6 is 0 Å². The monoisotopic (exact) mass is 472 g/mol. The third kappa shape index (κ3) is 6.27. The third-order valence-corrected chi connectivity index (χ3v) is 6.21. The number of fused-ring (bicyclic) bond motifs is 1. The number of aliphatic hydroxyl groups excluding tert-OH is 1. The average Bonchev–Trinajstić information content (AvgIpc) is 2.89. The summed E-state index contributed by atoms with van der Waals surface area (Å²) in [5.74, 6) is -0.0129. The van der Waals surface area contributed by atoms with E-state index in [9.17, 15) is 15.0 Å². The van der Waals surface area contributed by atoms with Gasteiger partial charge in [-0.15, -0.1) is 0 Å². The number of aromatic amines is 1. The van der Waals surface area contributed by atoms with Crippen LogP contribution in [0.1, 0.15) is 28.8 Å². The van der Waals surface area contributed by atoms with Gasteiger partial charge in [0.1, 0.15) is 5.75 Å². The average molecular weight is 473 g/mol. The number of hydrogen-bond donors (Lipinski definition) is 6. The van der Waals surface area contributed by atoms with Gasteiger partial charge in [-0.2, -0.15) is 0 Å². The van der Waals surface area contributed by atoms with Crippen LogP contribution in [0.4, 0.5) is 5.69 Å². The smallest absolute Gasteiger partial charge is 0.248 e. The van der Waals surface area contributed by atoms with Crippen molar-refractivity contribution in [2.75, 3.05) is 32.0 Å². The maximum Gasteiger partial charge on any atom is 0.248 e. The molecule has 0 unspecified atom stereocenters. The molecule has 1 aromatic heterocycles. The van der Waals surface area contributed by atoms with Gasteiger partial charge in [0, 0.05) is 36.3 Å². The van der Waals surface area contributed by atoms with Gasteiger partial charge < -0.3 is 31.1 Å². The topological polar surface area (TPSA) is 109 Å². The molecule has 0 aliphatic carbocycles. The van der Waals surface area contributed by atoms with E-state index in [1.807, 2.05) is 13.1 Å². The van der Waals surface area contributed by atoms with Crippen molar-refractivity contribution in [3.05, 3.63) is 106 Å². The van der Waals surface area contributed by atoms with Crippen molar-refractivity contribution in [2.45, 2.75) is 18.6 Å². The molecule has 0 spiro atoms. The molecule has 35 heavy (non-hydrogen) atoms. The zero-order chi connectivity index (χ0) is 24.6. The van der Waals surface area contributed by atoms with E-state index in [1.165, 1.54) is 23.3 Å². The molecule has 4 rings (SSSR count). The molecule has 0 aliphatic heterocycles. The maximum absolute atomic E-state index is 11.6. The van der Waals surface area contributed by atoms with E-state index in [-0.39, 0.29) is 17.4 Å². The molecule has 6 N–H and O–H groups in total. The van der Waals surface area contributed by atoms with Crippen molar-refractivity contribution in [2.24, 2.45) is 0 Å². The normalized spacial score (nSPS) is 13.0. The largest absolute Gasteiger partial charge is 0.506 e. The number of benzene rings is 3. The number of rotatable bonds is 11. The molecule has 0 fully saturated rings. The van der Waals surface area contributed by atoms with E-state index in [4.69, 9.17) is 0 Å². The minimum Gasteiger partial charge on any atom is -0.506 e. The summed E-state index contributed by atoms with van der Waals surface area (Å²) in [5.41, 5.74) is 4.24. The van der Waals surface area contributed by atoms with Crippen molar-refractivity contribution in [1.29, 1.82) is 0 Å². The standard InChI is InChI=1S/C28H32N4O3/c1-29-24(20-5-3-2-4-6-20)17-31-21-9-7-19(8-10-21)15-16-30-18-26(34)22-11-13-25(33)28-23(22)12-14-27(35)32-28/h2-14,24,26,29-31,33-34H,15-18H2,1H3,(H,32,35)/t24-,26-/m0/s1. The second-order valence-electron chi connectivity index (χ2n) is 8.58. The lowest BCUT2D eigenvalue weighted by Gasteiger charge is -2.18. The molecule has 0 saturated heterocycles. The first-order valence-electron chi connectivity index (χ1n) is 11.8. The van der Waals surface area contributed by atoms with Gasteiger partial charge >= 0.3 is 0 Å². The Hall–Kier alpha value is -3.65. The van der Waals surface area contributed by atoms with Gasteiger partial charge in [-0.1, -0.05) is 48.5 Å². The summed E-state index contributed by atoms with van der Waals surface area (Å²) in [6.45, 7) is 1.87. The van der Waals surface area contributed by atoms with Crippen LogP contribution in [0.5, 0.6) is 5.75 Å². The number of aromatic nitrogens is 1. The molecule has 0 amide bonds. The van der Waals surface area contributed by atoms with E-state index in [2.05, 4.69) is 69.5 Å². The predicted octanol–water partition coefficient (Wildman–Crippen LogP) is 3.47. The fourth-order valence-corrected chi connectivity index (χ4v) is 4.21. The molecule has 0 bridgehead atoms. The van der Waals surface area contributed by atoms with Gasteiger partial charge in [-0.3, -0.25) is 4.79 Å². The van der Waals surface area contributed by atoms with Crippen LogP contribution < -0.4 is 21.5 Å². The van der Waals surface area contributed by atoms with Crippen molar-refractivity contribution in [3.8, 4) is 5.75 Å². The number of likely N-dealkylation sites (N-methyl/N-ethyl adjacent to an activating group) is 1. The van der Waals surface area contributed by atoms with Crippen molar-refractivity contribution in [1.82, 2.24) is 15.6 Å². The number of aliphatic hydroxyl groups is 1. The molecule has 182 valence electrons. The Morgan fingerprint density at radius 1 is 0.914 bits per heavy atom. The highest BCUT2D eigenvalue weighted by molar-refractivity contribution is 5.87. The van der Waals surface area contributed by atoms with E-state index in [0.29, 0.717) is 29.6 Å². The van der Waals surface area contributed by atoms with E-state index < -0.39 is 6.10 Å². The fourth-order valence-electron chi connectivity index (χ4n) is 4.21. The first kappa shape index (κ1) is 24.5. The second-order valence-corrected chi connectivity index (χ2v) is 8.58. The molecule has 0 aliphatic rings. The molecule has 3 aromatic carbocycles. The highest BCUT2D eigenvalue weighted by Crippen LogP contribution is 2.28. The van der Waals surface area contributed by atoms with E-state index in [1.54, 1.807) is 12.1 Å². The summed E-state index contributed by atoms with van der Waals surface area (Å²) in [6.07, 6.45) is 0.0695. The first-order chi connectivity index (χ1) is 17.0. The SMILES string of the molecule is CN[C@@H](CNc1ccc(CCNC[C@H](O)c2ccc(O)c3[nH]c(=O)ccc23)cc1)c1ccccc1. The Morgan fingerprint density at radius 3 is 2.43 bits per heavy atom. The van der Waals surface area contributed by atoms with Crippen molar-refractivity contribution in [3.63, 3.8) is 0 Å². The molecular weight excluding hydrogens is 440 g/mol. The zero-order valence-electron chi connectivity index (χ0n) is 19.8. The summed E-state index contributed by atoms with van der Waals surface area (Å²) in [4.78, 5) is 14.2. The van der Waals surface area contributed by atoms with Crippen LogP contribution in [-0.2, 0) is 6.42 Å². The Balaban J connectivity index is 1.25. The van der Waals surface area contributed by atoms with Crippen LogP contribution in [-0.4, -0.2) is 41.9 Å². The number of phenolic OH excluding ortho intramolecular Hbond substituents is 1. The molecular formula is C28H32N4O3. The first-order valence-corrected chi connectivity index (χ1v) is 11.8. The molecule has 7 nitrogen and oxygen atoms in total. The highest BCUT2D eigenvalue weighted by Gasteiger charge is 2.14.